The lowest BCUT2D eigenvalue weighted by molar-refractivity contribution is 0.372. The molecule has 2 fully saturated rings. The van der Waals surface area contributed by atoms with Gasteiger partial charge in [0, 0.05) is 6.04 Å². The molecule has 0 aliphatic heterocycles. The topological polar surface area (TPSA) is 12.0 Å². The second-order valence-corrected chi connectivity index (χ2v) is 5.72. The molecule has 0 aromatic rings. The molecule has 0 bridgehead atoms. The summed E-state index contributed by atoms with van der Waals surface area (Å²) in [6.45, 7) is 3.48. The molecule has 1 N–H and O–H groups in total. The third kappa shape index (κ3) is 3.48. The monoisotopic (exact) mass is 209 g/mol. The van der Waals surface area contributed by atoms with Crippen LogP contribution < -0.4 is 5.32 Å². The zero-order chi connectivity index (χ0) is 10.5. The van der Waals surface area contributed by atoms with Crippen molar-refractivity contribution in [2.75, 3.05) is 6.54 Å². The lowest BCUT2D eigenvalue weighted by Gasteiger charge is -2.16. The zero-order valence-electron chi connectivity index (χ0n) is 10.3. The smallest absolute Gasteiger partial charge is 0.00698 e. The lowest BCUT2D eigenvalue weighted by Crippen LogP contribution is -2.27. The van der Waals surface area contributed by atoms with Crippen molar-refractivity contribution in [3.63, 3.8) is 0 Å². The van der Waals surface area contributed by atoms with Crippen LogP contribution in [0.2, 0.25) is 0 Å². The molecule has 2 aliphatic carbocycles. The highest BCUT2D eigenvalue weighted by atomic mass is 14.9. The van der Waals surface area contributed by atoms with Gasteiger partial charge in [0.2, 0.25) is 0 Å². The third-order valence-corrected chi connectivity index (χ3v) is 4.37. The molecule has 0 amide bonds. The summed E-state index contributed by atoms with van der Waals surface area (Å²) in [6.07, 6.45) is 13.3. The van der Waals surface area contributed by atoms with Crippen LogP contribution in [-0.2, 0) is 0 Å². The molecule has 0 spiro atoms. The van der Waals surface area contributed by atoms with E-state index in [4.69, 9.17) is 0 Å². The van der Waals surface area contributed by atoms with Crippen LogP contribution in [0.25, 0.3) is 0 Å². The van der Waals surface area contributed by atoms with Crippen LogP contribution in [0, 0.1) is 11.8 Å². The van der Waals surface area contributed by atoms with E-state index in [0.717, 1.165) is 17.9 Å². The molecule has 2 atom stereocenters. The molecule has 0 saturated heterocycles. The van der Waals surface area contributed by atoms with Gasteiger partial charge in [-0.2, -0.15) is 0 Å². The summed E-state index contributed by atoms with van der Waals surface area (Å²) in [4.78, 5) is 0. The molecule has 88 valence electrons. The van der Waals surface area contributed by atoms with E-state index in [-0.39, 0.29) is 0 Å². The third-order valence-electron chi connectivity index (χ3n) is 4.37. The van der Waals surface area contributed by atoms with Crippen molar-refractivity contribution in [1.29, 1.82) is 0 Å². The van der Waals surface area contributed by atoms with Crippen molar-refractivity contribution in [3.05, 3.63) is 0 Å². The van der Waals surface area contributed by atoms with Crippen molar-refractivity contribution in [1.82, 2.24) is 5.32 Å². The first-order valence-corrected chi connectivity index (χ1v) is 7.12. The molecule has 0 radical (unpaired) electrons. The van der Waals surface area contributed by atoms with Crippen LogP contribution in [0.1, 0.15) is 64.7 Å². The second-order valence-electron chi connectivity index (χ2n) is 5.72. The molecular weight excluding hydrogens is 182 g/mol. The lowest BCUT2D eigenvalue weighted by atomic mass is 9.92. The van der Waals surface area contributed by atoms with Crippen molar-refractivity contribution in [2.45, 2.75) is 70.8 Å². The van der Waals surface area contributed by atoms with Gasteiger partial charge in [-0.25, -0.2) is 0 Å². The van der Waals surface area contributed by atoms with Crippen LogP contribution in [0.4, 0.5) is 0 Å². The van der Waals surface area contributed by atoms with Crippen LogP contribution >= 0.6 is 0 Å². The summed E-state index contributed by atoms with van der Waals surface area (Å²) in [5.41, 5.74) is 0. The molecular formula is C14H27N. The molecule has 0 heterocycles. The van der Waals surface area contributed by atoms with Crippen LogP contribution in [0.3, 0.4) is 0 Å². The Morgan fingerprint density at radius 1 is 1.00 bits per heavy atom. The van der Waals surface area contributed by atoms with E-state index in [0.29, 0.717) is 0 Å². The summed E-state index contributed by atoms with van der Waals surface area (Å²) in [5, 5.41) is 3.69. The first kappa shape index (κ1) is 11.4. The predicted molar refractivity (Wildman–Crippen MR) is 66.0 cm³/mol. The van der Waals surface area contributed by atoms with Gasteiger partial charge in [0.15, 0.2) is 0 Å². The Morgan fingerprint density at radius 2 is 1.80 bits per heavy atom. The molecule has 1 nitrogen and oxygen atoms in total. The average molecular weight is 209 g/mol. The van der Waals surface area contributed by atoms with E-state index in [1.165, 1.54) is 57.9 Å². The first-order chi connectivity index (χ1) is 7.38. The average Bonchev–Trinajstić information content (AvgIpc) is 2.87. The molecule has 2 aliphatic rings. The molecule has 2 saturated carbocycles. The van der Waals surface area contributed by atoms with Gasteiger partial charge >= 0.3 is 0 Å². The molecule has 15 heavy (non-hydrogen) atoms. The number of nitrogens with one attached hydrogen (secondary N) is 1. The minimum atomic E-state index is 0.858. The summed E-state index contributed by atoms with van der Waals surface area (Å²) in [5.74, 6) is 2.15. The fourth-order valence-electron chi connectivity index (χ4n) is 3.54. The number of hydrogen-bond donors (Lipinski definition) is 1. The Hall–Kier alpha value is -0.0400. The van der Waals surface area contributed by atoms with Gasteiger partial charge in [-0.15, -0.1) is 0 Å². The molecule has 2 rings (SSSR count). The molecule has 0 aromatic heterocycles. The quantitative estimate of drug-likeness (QED) is 0.727. The van der Waals surface area contributed by atoms with Crippen LogP contribution in [0.5, 0.6) is 0 Å². The van der Waals surface area contributed by atoms with Gasteiger partial charge in [0.05, 0.1) is 0 Å². The first-order valence-electron chi connectivity index (χ1n) is 7.12. The van der Waals surface area contributed by atoms with Gasteiger partial charge in [-0.05, 0) is 50.5 Å². The fourth-order valence-corrected chi connectivity index (χ4v) is 3.54. The normalized spacial score (nSPS) is 32.6. The largest absolute Gasteiger partial charge is 0.314 e. The number of rotatable bonds is 5. The maximum Gasteiger partial charge on any atom is 0.00698 e. The summed E-state index contributed by atoms with van der Waals surface area (Å²) in [6, 6.07) is 0.858. The van der Waals surface area contributed by atoms with Crippen molar-refractivity contribution in [2.24, 2.45) is 11.8 Å². The van der Waals surface area contributed by atoms with E-state index in [1.54, 1.807) is 6.42 Å². The highest BCUT2D eigenvalue weighted by Crippen LogP contribution is 2.36. The van der Waals surface area contributed by atoms with Crippen LogP contribution in [-0.4, -0.2) is 12.6 Å². The highest BCUT2D eigenvalue weighted by Gasteiger charge is 2.27. The Morgan fingerprint density at radius 3 is 2.53 bits per heavy atom. The van der Waals surface area contributed by atoms with Gasteiger partial charge < -0.3 is 5.32 Å². The zero-order valence-corrected chi connectivity index (χ0v) is 10.3. The van der Waals surface area contributed by atoms with Crippen LogP contribution in [0.15, 0.2) is 0 Å². The minimum absolute atomic E-state index is 0.858. The maximum atomic E-state index is 3.69. The number of hydrogen-bond acceptors (Lipinski definition) is 1. The fraction of sp³-hybridized carbons (Fsp3) is 1.00. The van der Waals surface area contributed by atoms with Gasteiger partial charge in [0.1, 0.15) is 0 Å². The minimum Gasteiger partial charge on any atom is -0.314 e. The Bertz CT molecular complexity index is 172. The Balaban J connectivity index is 1.63. The molecule has 1 heteroatoms. The van der Waals surface area contributed by atoms with Crippen molar-refractivity contribution < 1.29 is 0 Å². The summed E-state index contributed by atoms with van der Waals surface area (Å²) in [7, 11) is 0. The standard InChI is InChI=1S/C14H27N/c1-2-9-15-14-8-7-13(11-14)10-12-5-3-4-6-12/h12-15H,2-11H2,1H3. The summed E-state index contributed by atoms with van der Waals surface area (Å²) < 4.78 is 0. The van der Waals surface area contributed by atoms with Gasteiger partial charge in [-0.3, -0.25) is 0 Å². The van der Waals surface area contributed by atoms with Crippen molar-refractivity contribution >= 4 is 0 Å². The molecule has 0 aromatic carbocycles. The second kappa shape index (κ2) is 5.89. The highest BCUT2D eigenvalue weighted by molar-refractivity contribution is 4.83. The molecule has 2 unspecified atom stereocenters. The maximum absolute atomic E-state index is 3.69. The van der Waals surface area contributed by atoms with E-state index in [1.807, 2.05) is 0 Å². The van der Waals surface area contributed by atoms with E-state index >= 15 is 0 Å². The Kier molecular flexibility index (Phi) is 4.49. The summed E-state index contributed by atoms with van der Waals surface area (Å²) >= 11 is 0. The van der Waals surface area contributed by atoms with Crippen molar-refractivity contribution in [3.8, 4) is 0 Å². The van der Waals surface area contributed by atoms with Gasteiger partial charge in [-0.1, -0.05) is 32.6 Å². The predicted octanol–water partition coefficient (Wildman–Crippen LogP) is 3.74. The van der Waals surface area contributed by atoms with E-state index in [9.17, 15) is 0 Å². The van der Waals surface area contributed by atoms with E-state index < -0.39 is 0 Å². The van der Waals surface area contributed by atoms with Gasteiger partial charge in [0.25, 0.3) is 0 Å². The Labute approximate surface area is 95.0 Å². The SMILES string of the molecule is CCCNC1CCC(CC2CCCC2)C1. The van der Waals surface area contributed by atoms with E-state index in [2.05, 4.69) is 12.2 Å².